The summed E-state index contributed by atoms with van der Waals surface area (Å²) in [5, 5.41) is 1.89. The van der Waals surface area contributed by atoms with Crippen molar-refractivity contribution >= 4 is 18.4 Å². The second-order valence-corrected chi connectivity index (χ2v) is 6.75. The Labute approximate surface area is 102 Å². The van der Waals surface area contributed by atoms with Gasteiger partial charge in [-0.1, -0.05) is 12.1 Å². The van der Waals surface area contributed by atoms with E-state index in [4.69, 9.17) is 12.8 Å². The van der Waals surface area contributed by atoms with Crippen molar-refractivity contribution in [2.24, 2.45) is 0 Å². The number of aromatic nitrogens is 2. The van der Waals surface area contributed by atoms with Gasteiger partial charge >= 0.3 is 0 Å². The molecule has 0 unspecified atom stereocenters. The lowest BCUT2D eigenvalue weighted by Crippen LogP contribution is -2.57. The zero-order chi connectivity index (χ0) is 12.1. The fourth-order valence-electron chi connectivity index (χ4n) is 1.71. The second kappa shape index (κ2) is 4.65. The molecule has 0 spiro atoms. The number of rotatable bonds is 2. The predicted molar refractivity (Wildman–Crippen MR) is 71.2 cm³/mol. The maximum absolute atomic E-state index is 5.70. The van der Waals surface area contributed by atoms with Crippen molar-refractivity contribution < 1.29 is 0 Å². The third-order valence-corrected chi connectivity index (χ3v) is 5.81. The highest BCUT2D eigenvalue weighted by molar-refractivity contribution is 7.13. The van der Waals surface area contributed by atoms with Gasteiger partial charge in [-0.15, -0.1) is 23.9 Å². The molecule has 2 aromatic heterocycles. The summed E-state index contributed by atoms with van der Waals surface area (Å²) < 4.78 is 0. The lowest BCUT2D eigenvalue weighted by Gasteiger charge is -2.19. The Hall–Kier alpha value is -2.36. The molecule has 2 heterocycles. The van der Waals surface area contributed by atoms with Crippen molar-refractivity contribution in [2.45, 2.75) is 0 Å². The first-order valence-electron chi connectivity index (χ1n) is 5.10. The van der Waals surface area contributed by atoms with Crippen molar-refractivity contribution in [2.75, 3.05) is 0 Å². The van der Waals surface area contributed by atoms with Gasteiger partial charge in [0.2, 0.25) is 0 Å². The Bertz CT molecular complexity index is 524. The molecule has 0 aliphatic rings. The number of hydrogen-bond donors (Lipinski definition) is 0. The van der Waals surface area contributed by atoms with Crippen LogP contribution in [0.1, 0.15) is 0 Å². The average Bonchev–Trinajstić information content (AvgIpc) is 2.43. The van der Waals surface area contributed by atoms with E-state index in [1.54, 1.807) is 24.8 Å². The van der Waals surface area contributed by atoms with Crippen LogP contribution >= 0.6 is 0 Å². The molecule has 80 valence electrons. The van der Waals surface area contributed by atoms with Gasteiger partial charge in [0.05, 0.1) is 0 Å². The Morgan fingerprint density at radius 1 is 0.882 bits per heavy atom. The van der Waals surface area contributed by atoms with Gasteiger partial charge in [0, 0.05) is 24.8 Å². The largest absolute Gasteiger partial charge is 0.278 e. The molecule has 17 heavy (non-hydrogen) atoms. The van der Waals surface area contributed by atoms with E-state index in [0.717, 1.165) is 10.4 Å². The van der Waals surface area contributed by atoms with Crippen molar-refractivity contribution in [1.82, 2.24) is 9.97 Å². The molecule has 2 rings (SSSR count). The first-order chi connectivity index (χ1) is 8.33. The molecule has 0 N–H and O–H groups in total. The molecule has 0 amide bonds. The van der Waals surface area contributed by atoms with Crippen LogP contribution in [0.3, 0.4) is 0 Å². The summed E-state index contributed by atoms with van der Waals surface area (Å²) in [4.78, 5) is 8.19. The zero-order valence-electron chi connectivity index (χ0n) is 9.17. The summed E-state index contributed by atoms with van der Waals surface area (Å²) in [6, 6.07) is 7.57. The standard InChI is InChI=1S/C14H10N2Si/c1-3-17(4-2,13-7-5-9-15-11-13)14-8-6-10-16-12-14/h1-2,5-12H. The fourth-order valence-corrected chi connectivity index (χ4v) is 4.02. The quantitative estimate of drug-likeness (QED) is 0.555. The SMILES string of the molecule is C#C[Si](C#C)(c1cccnc1)c1cccnc1. The van der Waals surface area contributed by atoms with E-state index in [1.807, 2.05) is 24.3 Å². The van der Waals surface area contributed by atoms with Crippen molar-refractivity contribution in [3.8, 4) is 23.9 Å². The fraction of sp³-hybridized carbons (Fsp3) is 0. The van der Waals surface area contributed by atoms with Gasteiger partial charge in [-0.2, -0.15) is 0 Å². The zero-order valence-corrected chi connectivity index (χ0v) is 10.2. The van der Waals surface area contributed by atoms with E-state index < -0.39 is 8.07 Å². The molecule has 2 nitrogen and oxygen atoms in total. The molecule has 0 aliphatic heterocycles. The van der Waals surface area contributed by atoms with Gasteiger partial charge in [0.1, 0.15) is 0 Å². The highest BCUT2D eigenvalue weighted by Crippen LogP contribution is 2.01. The Morgan fingerprint density at radius 2 is 1.35 bits per heavy atom. The molecular weight excluding hydrogens is 224 g/mol. The van der Waals surface area contributed by atoms with Gasteiger partial charge in [0.15, 0.2) is 0 Å². The van der Waals surface area contributed by atoms with Gasteiger partial charge in [-0.25, -0.2) is 0 Å². The minimum absolute atomic E-state index is 0.943. The van der Waals surface area contributed by atoms with E-state index in [1.165, 1.54) is 0 Å². The first-order valence-corrected chi connectivity index (χ1v) is 7.10. The summed E-state index contributed by atoms with van der Waals surface area (Å²) in [5.74, 6) is 0. The number of pyridine rings is 2. The normalized spacial score (nSPS) is 10.2. The van der Waals surface area contributed by atoms with E-state index >= 15 is 0 Å². The predicted octanol–water partition coefficient (Wildman–Crippen LogP) is 0.384. The average molecular weight is 234 g/mol. The summed E-state index contributed by atoms with van der Waals surface area (Å²) in [6.45, 7) is 0. The molecule has 0 aliphatic carbocycles. The van der Waals surface area contributed by atoms with E-state index in [0.29, 0.717) is 0 Å². The molecule has 0 aromatic carbocycles. The third-order valence-electron chi connectivity index (χ3n) is 2.62. The summed E-state index contributed by atoms with van der Waals surface area (Å²) >= 11 is 0. The van der Waals surface area contributed by atoms with Crippen LogP contribution in [0.25, 0.3) is 0 Å². The molecule has 0 fully saturated rings. The monoisotopic (exact) mass is 234 g/mol. The molecule has 0 atom stereocenters. The highest BCUT2D eigenvalue weighted by Gasteiger charge is 2.34. The van der Waals surface area contributed by atoms with Crippen molar-refractivity contribution in [3.63, 3.8) is 0 Å². The first kappa shape index (κ1) is 11.1. The van der Waals surface area contributed by atoms with E-state index in [2.05, 4.69) is 21.1 Å². The van der Waals surface area contributed by atoms with Gasteiger partial charge in [-0.3, -0.25) is 9.97 Å². The second-order valence-electron chi connectivity index (χ2n) is 3.52. The Kier molecular flexibility index (Phi) is 3.05. The van der Waals surface area contributed by atoms with Crippen LogP contribution in [0.4, 0.5) is 0 Å². The molecule has 2 aromatic rings. The van der Waals surface area contributed by atoms with Crippen molar-refractivity contribution in [1.29, 1.82) is 0 Å². The summed E-state index contributed by atoms with van der Waals surface area (Å²) in [6.07, 6.45) is 18.3. The molecule has 3 heteroatoms. The Balaban J connectivity index is 2.65. The summed E-state index contributed by atoms with van der Waals surface area (Å²) in [5.41, 5.74) is 5.64. The van der Waals surface area contributed by atoms with Crippen LogP contribution in [-0.2, 0) is 0 Å². The van der Waals surface area contributed by atoms with Crippen LogP contribution in [0, 0.1) is 23.9 Å². The topological polar surface area (TPSA) is 25.8 Å². The van der Waals surface area contributed by atoms with Crippen LogP contribution in [0.5, 0.6) is 0 Å². The third kappa shape index (κ3) is 1.85. The van der Waals surface area contributed by atoms with Crippen LogP contribution < -0.4 is 10.4 Å². The van der Waals surface area contributed by atoms with E-state index in [9.17, 15) is 0 Å². The summed E-state index contributed by atoms with van der Waals surface area (Å²) in [7, 11) is -2.57. The lowest BCUT2D eigenvalue weighted by molar-refractivity contribution is 1.34. The number of terminal acetylenes is 2. The Morgan fingerprint density at radius 3 is 1.65 bits per heavy atom. The lowest BCUT2D eigenvalue weighted by atomic mass is 10.5. The van der Waals surface area contributed by atoms with Gasteiger partial charge < -0.3 is 0 Å². The highest BCUT2D eigenvalue weighted by atomic mass is 28.3. The molecule has 0 radical (unpaired) electrons. The van der Waals surface area contributed by atoms with Crippen LogP contribution in [-0.4, -0.2) is 18.0 Å². The molecule has 0 saturated heterocycles. The van der Waals surface area contributed by atoms with E-state index in [-0.39, 0.29) is 0 Å². The van der Waals surface area contributed by atoms with Gasteiger partial charge in [-0.05, 0) is 22.5 Å². The number of hydrogen-bond acceptors (Lipinski definition) is 2. The molecular formula is C14H10N2Si. The maximum Gasteiger partial charge on any atom is 0.278 e. The van der Waals surface area contributed by atoms with Crippen molar-refractivity contribution in [3.05, 3.63) is 49.1 Å². The van der Waals surface area contributed by atoms with Crippen LogP contribution in [0.2, 0.25) is 0 Å². The number of nitrogens with zero attached hydrogens (tertiary/aromatic N) is 2. The molecule has 0 saturated carbocycles. The maximum atomic E-state index is 5.70. The van der Waals surface area contributed by atoms with Gasteiger partial charge in [0.25, 0.3) is 8.07 Å². The smallest absolute Gasteiger partial charge is 0.265 e. The molecule has 0 bridgehead atoms. The minimum atomic E-state index is -2.57. The van der Waals surface area contributed by atoms with Crippen LogP contribution in [0.15, 0.2) is 49.1 Å². The minimum Gasteiger partial charge on any atom is -0.265 e.